The molecule has 6 heteroatoms. The summed E-state index contributed by atoms with van der Waals surface area (Å²) in [6.07, 6.45) is 0.371. The molecule has 4 nitrogen and oxygen atoms in total. The number of hydrogen-bond donors (Lipinski definition) is 1. The van der Waals surface area contributed by atoms with Crippen LogP contribution < -0.4 is 0 Å². The molecule has 0 aliphatic carbocycles. The van der Waals surface area contributed by atoms with Gasteiger partial charge in [0.25, 0.3) is 0 Å². The van der Waals surface area contributed by atoms with Crippen LogP contribution in [-0.4, -0.2) is 31.0 Å². The van der Waals surface area contributed by atoms with Crippen LogP contribution in [0.15, 0.2) is 24.3 Å². The van der Waals surface area contributed by atoms with Crippen LogP contribution in [-0.2, 0) is 21.1 Å². The van der Waals surface area contributed by atoms with E-state index in [1.165, 1.54) is 18.2 Å². The number of aliphatic carboxylic acids is 1. The molecule has 2 rings (SSSR count). The molecule has 1 N–H and O–H groups in total. The first kappa shape index (κ1) is 14.0. The van der Waals surface area contributed by atoms with Gasteiger partial charge in [-0.3, -0.25) is 4.79 Å². The highest BCUT2D eigenvalue weighted by Crippen LogP contribution is 2.29. The molecule has 1 aromatic carbocycles. The molecule has 0 amide bonds. The molecule has 1 aliphatic rings. The van der Waals surface area contributed by atoms with E-state index in [2.05, 4.69) is 0 Å². The Morgan fingerprint density at radius 1 is 1.42 bits per heavy atom. The number of hydrogen-bond acceptors (Lipinski definition) is 3. The summed E-state index contributed by atoms with van der Waals surface area (Å²) in [7, 11) is -3.13. The summed E-state index contributed by atoms with van der Waals surface area (Å²) in [5, 5.41) is 9.24. The van der Waals surface area contributed by atoms with Gasteiger partial charge in [0, 0.05) is 0 Å². The van der Waals surface area contributed by atoms with E-state index in [1.54, 1.807) is 6.07 Å². The Bertz CT molecular complexity index is 582. The molecule has 1 aromatic rings. The normalized spacial score (nSPS) is 23.1. The molecule has 1 saturated heterocycles. The zero-order chi connectivity index (χ0) is 14.0. The zero-order valence-corrected chi connectivity index (χ0v) is 11.1. The van der Waals surface area contributed by atoms with Crippen molar-refractivity contribution in [2.45, 2.75) is 12.8 Å². The molecule has 0 bridgehead atoms. The van der Waals surface area contributed by atoms with Crippen LogP contribution in [0.1, 0.15) is 12.0 Å². The maximum absolute atomic E-state index is 13.5. The Morgan fingerprint density at radius 3 is 2.63 bits per heavy atom. The van der Waals surface area contributed by atoms with Crippen molar-refractivity contribution in [3.8, 4) is 0 Å². The number of benzene rings is 1. The summed E-state index contributed by atoms with van der Waals surface area (Å²) in [5.41, 5.74) is 0.319. The second kappa shape index (κ2) is 5.28. The highest BCUT2D eigenvalue weighted by atomic mass is 32.2. The van der Waals surface area contributed by atoms with Gasteiger partial charge in [-0.15, -0.1) is 0 Å². The molecule has 0 aromatic heterocycles. The number of carboxylic acid groups (broad SMARTS) is 1. The van der Waals surface area contributed by atoms with Crippen molar-refractivity contribution in [1.29, 1.82) is 0 Å². The lowest BCUT2D eigenvalue weighted by molar-refractivity contribution is -0.143. The predicted molar refractivity (Wildman–Crippen MR) is 68.0 cm³/mol. The minimum Gasteiger partial charge on any atom is -0.481 e. The van der Waals surface area contributed by atoms with E-state index < -0.39 is 33.5 Å². The predicted octanol–water partition coefficient (Wildman–Crippen LogP) is 1.50. The average Bonchev–Trinajstić information content (AvgIpc) is 2.68. The topological polar surface area (TPSA) is 71.4 Å². The van der Waals surface area contributed by atoms with Crippen molar-refractivity contribution in [2.24, 2.45) is 11.8 Å². The van der Waals surface area contributed by atoms with Crippen LogP contribution in [0.25, 0.3) is 0 Å². The number of carbonyl (C=O) groups is 1. The fraction of sp³-hybridized carbons (Fsp3) is 0.462. The van der Waals surface area contributed by atoms with Crippen LogP contribution in [0.4, 0.5) is 4.39 Å². The van der Waals surface area contributed by atoms with Gasteiger partial charge in [0.2, 0.25) is 0 Å². The molecule has 19 heavy (non-hydrogen) atoms. The van der Waals surface area contributed by atoms with Crippen LogP contribution >= 0.6 is 0 Å². The summed E-state index contributed by atoms with van der Waals surface area (Å²) in [5.74, 6) is -2.88. The molecular weight excluding hydrogens is 271 g/mol. The van der Waals surface area contributed by atoms with E-state index >= 15 is 0 Å². The zero-order valence-electron chi connectivity index (χ0n) is 10.3. The summed E-state index contributed by atoms with van der Waals surface area (Å²) in [6.45, 7) is 0. The third-order valence-electron chi connectivity index (χ3n) is 3.55. The molecule has 1 fully saturated rings. The molecule has 1 heterocycles. The minimum atomic E-state index is -3.13. The van der Waals surface area contributed by atoms with Crippen molar-refractivity contribution >= 4 is 15.8 Å². The maximum atomic E-state index is 13.5. The van der Waals surface area contributed by atoms with Crippen LogP contribution in [0, 0.1) is 17.7 Å². The Labute approximate surface area is 111 Å². The molecule has 104 valence electrons. The summed E-state index contributed by atoms with van der Waals surface area (Å²) >= 11 is 0. The highest BCUT2D eigenvalue weighted by Gasteiger charge is 2.37. The average molecular weight is 286 g/mol. The van der Waals surface area contributed by atoms with Gasteiger partial charge in [0.1, 0.15) is 5.82 Å². The van der Waals surface area contributed by atoms with E-state index in [1.807, 2.05) is 0 Å². The minimum absolute atomic E-state index is 0.0265. The van der Waals surface area contributed by atoms with E-state index in [4.69, 9.17) is 0 Å². The van der Waals surface area contributed by atoms with Crippen LogP contribution in [0.2, 0.25) is 0 Å². The van der Waals surface area contributed by atoms with Gasteiger partial charge >= 0.3 is 5.97 Å². The SMILES string of the molecule is O=C(O)C(Cc1ccccc1F)C1CCS(=O)(=O)C1. The number of carboxylic acids is 1. The Morgan fingerprint density at radius 2 is 2.11 bits per heavy atom. The van der Waals surface area contributed by atoms with Crippen molar-refractivity contribution in [2.75, 3.05) is 11.5 Å². The van der Waals surface area contributed by atoms with Gasteiger partial charge in [0.05, 0.1) is 17.4 Å². The first-order valence-corrected chi connectivity index (χ1v) is 7.88. The van der Waals surface area contributed by atoms with E-state index in [0.717, 1.165) is 0 Å². The number of halogens is 1. The van der Waals surface area contributed by atoms with E-state index in [-0.39, 0.29) is 17.9 Å². The highest BCUT2D eigenvalue weighted by molar-refractivity contribution is 7.91. The second-order valence-corrected chi connectivity index (χ2v) is 7.13. The fourth-order valence-corrected chi connectivity index (χ4v) is 4.38. The van der Waals surface area contributed by atoms with Gasteiger partial charge < -0.3 is 5.11 Å². The molecule has 0 spiro atoms. The lowest BCUT2D eigenvalue weighted by atomic mass is 9.86. The molecular formula is C13H15FO4S. The summed E-state index contributed by atoms with van der Waals surface area (Å²) in [6, 6.07) is 5.99. The molecule has 1 aliphatic heterocycles. The lowest BCUT2D eigenvalue weighted by Gasteiger charge is -2.18. The Kier molecular flexibility index (Phi) is 3.89. The molecule has 2 unspecified atom stereocenters. The number of sulfone groups is 1. The van der Waals surface area contributed by atoms with Gasteiger partial charge in [-0.2, -0.15) is 0 Å². The summed E-state index contributed by atoms with van der Waals surface area (Å²) in [4.78, 5) is 11.3. The van der Waals surface area contributed by atoms with Crippen LogP contribution in [0.5, 0.6) is 0 Å². The molecule has 2 atom stereocenters. The largest absolute Gasteiger partial charge is 0.481 e. The van der Waals surface area contributed by atoms with Gasteiger partial charge in [-0.05, 0) is 30.4 Å². The molecule has 0 radical (unpaired) electrons. The van der Waals surface area contributed by atoms with Gasteiger partial charge in [-0.25, -0.2) is 12.8 Å². The third kappa shape index (κ3) is 3.32. The van der Waals surface area contributed by atoms with Gasteiger partial charge in [-0.1, -0.05) is 18.2 Å². The maximum Gasteiger partial charge on any atom is 0.307 e. The smallest absolute Gasteiger partial charge is 0.307 e. The van der Waals surface area contributed by atoms with Crippen molar-refractivity contribution < 1.29 is 22.7 Å². The first-order chi connectivity index (χ1) is 8.89. The lowest BCUT2D eigenvalue weighted by Crippen LogP contribution is -2.27. The molecule has 0 saturated carbocycles. The van der Waals surface area contributed by atoms with Crippen LogP contribution in [0.3, 0.4) is 0 Å². The fourth-order valence-electron chi connectivity index (χ4n) is 2.50. The van der Waals surface area contributed by atoms with Gasteiger partial charge in [0.15, 0.2) is 9.84 Å². The van der Waals surface area contributed by atoms with Crippen molar-refractivity contribution in [3.05, 3.63) is 35.6 Å². The quantitative estimate of drug-likeness (QED) is 0.910. The monoisotopic (exact) mass is 286 g/mol. The second-order valence-electron chi connectivity index (χ2n) is 4.90. The summed E-state index contributed by atoms with van der Waals surface area (Å²) < 4.78 is 36.4. The Hall–Kier alpha value is -1.43. The number of rotatable bonds is 4. The first-order valence-electron chi connectivity index (χ1n) is 6.06. The van der Waals surface area contributed by atoms with E-state index in [9.17, 15) is 22.7 Å². The Balaban J connectivity index is 2.18. The van der Waals surface area contributed by atoms with Crippen molar-refractivity contribution in [3.63, 3.8) is 0 Å². The van der Waals surface area contributed by atoms with Crippen molar-refractivity contribution in [1.82, 2.24) is 0 Å². The third-order valence-corrected chi connectivity index (χ3v) is 5.35. The standard InChI is InChI=1S/C13H15FO4S/c14-12-4-2-1-3-9(12)7-11(13(15)16)10-5-6-19(17,18)8-10/h1-4,10-11H,5-8H2,(H,15,16). The van der Waals surface area contributed by atoms with E-state index in [0.29, 0.717) is 12.0 Å².